The molecular formula is C12H18N2O2S. The van der Waals surface area contributed by atoms with Crippen LogP contribution in [0.25, 0.3) is 0 Å². The quantitative estimate of drug-likeness (QED) is 0.897. The number of hydrogen-bond donors (Lipinski definition) is 1. The molecule has 0 spiro atoms. The zero-order valence-electron chi connectivity index (χ0n) is 10.3. The summed E-state index contributed by atoms with van der Waals surface area (Å²) >= 11 is 1.60. The van der Waals surface area contributed by atoms with Gasteiger partial charge in [0.2, 0.25) is 0 Å². The molecule has 0 atom stereocenters. The normalized spacial score (nSPS) is 16.4. The van der Waals surface area contributed by atoms with Gasteiger partial charge in [0.25, 0.3) is 0 Å². The van der Waals surface area contributed by atoms with Crippen LogP contribution in [0.2, 0.25) is 0 Å². The van der Waals surface area contributed by atoms with Gasteiger partial charge in [-0.25, -0.2) is 4.98 Å². The lowest BCUT2D eigenvalue weighted by Crippen LogP contribution is -2.37. The summed E-state index contributed by atoms with van der Waals surface area (Å²) in [6.45, 7) is 4.07. The van der Waals surface area contributed by atoms with E-state index >= 15 is 0 Å². The molecule has 1 aliphatic rings. The van der Waals surface area contributed by atoms with Gasteiger partial charge in [0, 0.05) is 10.9 Å². The first-order valence-electron chi connectivity index (χ1n) is 6.00. The van der Waals surface area contributed by atoms with E-state index in [0.29, 0.717) is 6.04 Å². The zero-order valence-corrected chi connectivity index (χ0v) is 11.1. The highest BCUT2D eigenvalue weighted by Crippen LogP contribution is 2.32. The van der Waals surface area contributed by atoms with E-state index in [9.17, 15) is 4.79 Å². The SMILES string of the molecule is Cc1nc(N(CC(=O)O)C2CCCC2)sc1C. The summed E-state index contributed by atoms with van der Waals surface area (Å²) in [6.07, 6.45) is 4.57. The van der Waals surface area contributed by atoms with Crippen LogP contribution in [0.4, 0.5) is 5.13 Å². The van der Waals surface area contributed by atoms with E-state index in [0.717, 1.165) is 23.7 Å². The maximum Gasteiger partial charge on any atom is 0.323 e. The number of carboxylic acid groups (broad SMARTS) is 1. The van der Waals surface area contributed by atoms with Gasteiger partial charge >= 0.3 is 5.97 Å². The fraction of sp³-hybridized carbons (Fsp3) is 0.667. The maximum absolute atomic E-state index is 11.0. The fourth-order valence-electron chi connectivity index (χ4n) is 2.29. The second kappa shape index (κ2) is 5.04. The highest BCUT2D eigenvalue weighted by atomic mass is 32.1. The van der Waals surface area contributed by atoms with Crippen LogP contribution in [0, 0.1) is 13.8 Å². The number of aryl methyl sites for hydroxylation is 2. The summed E-state index contributed by atoms with van der Waals surface area (Å²) < 4.78 is 0. The van der Waals surface area contributed by atoms with Gasteiger partial charge in [0.1, 0.15) is 6.54 Å². The molecule has 1 aliphatic carbocycles. The third-order valence-corrected chi connectivity index (χ3v) is 4.44. The molecule has 1 N–H and O–H groups in total. The number of nitrogens with zero attached hydrogens (tertiary/aromatic N) is 2. The van der Waals surface area contributed by atoms with Crippen LogP contribution in [0.5, 0.6) is 0 Å². The van der Waals surface area contributed by atoms with E-state index in [1.807, 2.05) is 18.7 Å². The minimum atomic E-state index is -0.776. The third-order valence-electron chi connectivity index (χ3n) is 3.33. The van der Waals surface area contributed by atoms with Crippen molar-refractivity contribution in [2.45, 2.75) is 45.6 Å². The average Bonchev–Trinajstić information content (AvgIpc) is 2.86. The van der Waals surface area contributed by atoms with Gasteiger partial charge < -0.3 is 10.0 Å². The topological polar surface area (TPSA) is 53.4 Å². The molecule has 5 heteroatoms. The predicted molar refractivity (Wildman–Crippen MR) is 68.8 cm³/mol. The number of anilines is 1. The van der Waals surface area contributed by atoms with Crippen molar-refractivity contribution < 1.29 is 9.90 Å². The number of rotatable bonds is 4. The Bertz CT molecular complexity index is 391. The first-order chi connectivity index (χ1) is 8.08. The van der Waals surface area contributed by atoms with Crippen LogP contribution in [0.15, 0.2) is 0 Å². The summed E-state index contributed by atoms with van der Waals surface area (Å²) in [5.41, 5.74) is 1.01. The molecule has 0 bridgehead atoms. The lowest BCUT2D eigenvalue weighted by molar-refractivity contribution is -0.135. The van der Waals surface area contributed by atoms with E-state index < -0.39 is 5.97 Å². The van der Waals surface area contributed by atoms with E-state index in [4.69, 9.17) is 5.11 Å². The number of aromatic nitrogens is 1. The Morgan fingerprint density at radius 1 is 1.47 bits per heavy atom. The van der Waals surface area contributed by atoms with E-state index in [1.54, 1.807) is 11.3 Å². The standard InChI is InChI=1S/C12H18N2O2S/c1-8-9(2)17-12(13-8)14(7-11(15)16)10-5-3-4-6-10/h10H,3-7H2,1-2H3,(H,15,16). The van der Waals surface area contributed by atoms with Crippen molar-refractivity contribution in [2.75, 3.05) is 11.4 Å². The van der Waals surface area contributed by atoms with Crippen LogP contribution in [-0.4, -0.2) is 28.6 Å². The number of aliphatic carboxylic acids is 1. The van der Waals surface area contributed by atoms with Gasteiger partial charge in [0.15, 0.2) is 5.13 Å². The molecule has 1 fully saturated rings. The molecule has 1 aromatic rings. The van der Waals surface area contributed by atoms with Crippen molar-refractivity contribution >= 4 is 22.4 Å². The Morgan fingerprint density at radius 3 is 2.59 bits per heavy atom. The highest BCUT2D eigenvalue weighted by Gasteiger charge is 2.26. The summed E-state index contributed by atoms with van der Waals surface area (Å²) in [4.78, 5) is 18.6. The van der Waals surface area contributed by atoms with Crippen LogP contribution in [-0.2, 0) is 4.79 Å². The molecule has 0 saturated heterocycles. The Hall–Kier alpha value is -1.10. The first-order valence-corrected chi connectivity index (χ1v) is 6.82. The van der Waals surface area contributed by atoms with E-state index in [2.05, 4.69) is 4.98 Å². The number of hydrogen-bond acceptors (Lipinski definition) is 4. The van der Waals surface area contributed by atoms with Gasteiger partial charge in [-0.2, -0.15) is 0 Å². The zero-order chi connectivity index (χ0) is 12.4. The van der Waals surface area contributed by atoms with Crippen molar-refractivity contribution in [3.8, 4) is 0 Å². The van der Waals surface area contributed by atoms with Crippen molar-refractivity contribution in [1.82, 2.24) is 4.98 Å². The van der Waals surface area contributed by atoms with Crippen molar-refractivity contribution in [3.63, 3.8) is 0 Å². The Morgan fingerprint density at radius 2 is 2.12 bits per heavy atom. The predicted octanol–water partition coefficient (Wildman–Crippen LogP) is 2.59. The molecule has 1 aromatic heterocycles. The number of carboxylic acids is 1. The summed E-state index contributed by atoms with van der Waals surface area (Å²) in [5.74, 6) is -0.776. The second-order valence-electron chi connectivity index (χ2n) is 4.60. The largest absolute Gasteiger partial charge is 0.480 e. The average molecular weight is 254 g/mol. The Labute approximate surface area is 105 Å². The summed E-state index contributed by atoms with van der Waals surface area (Å²) in [7, 11) is 0. The van der Waals surface area contributed by atoms with Gasteiger partial charge in [-0.15, -0.1) is 11.3 Å². The number of carbonyl (C=O) groups is 1. The fourth-order valence-corrected chi connectivity index (χ4v) is 3.27. The van der Waals surface area contributed by atoms with Crippen LogP contribution < -0.4 is 4.90 Å². The molecule has 94 valence electrons. The lowest BCUT2D eigenvalue weighted by atomic mass is 10.2. The monoisotopic (exact) mass is 254 g/mol. The Balaban J connectivity index is 2.22. The van der Waals surface area contributed by atoms with Crippen LogP contribution >= 0.6 is 11.3 Å². The molecule has 0 unspecified atom stereocenters. The molecule has 0 amide bonds. The molecule has 2 rings (SSSR count). The molecule has 0 aromatic carbocycles. The highest BCUT2D eigenvalue weighted by molar-refractivity contribution is 7.15. The lowest BCUT2D eigenvalue weighted by Gasteiger charge is -2.26. The molecule has 4 nitrogen and oxygen atoms in total. The van der Waals surface area contributed by atoms with Crippen molar-refractivity contribution in [2.24, 2.45) is 0 Å². The molecule has 1 heterocycles. The van der Waals surface area contributed by atoms with Gasteiger partial charge in [0.05, 0.1) is 5.69 Å². The minimum absolute atomic E-state index is 0.0665. The first kappa shape index (κ1) is 12.4. The summed E-state index contributed by atoms with van der Waals surface area (Å²) in [6, 6.07) is 0.357. The molecular weight excluding hydrogens is 236 g/mol. The molecule has 1 saturated carbocycles. The van der Waals surface area contributed by atoms with Crippen LogP contribution in [0.3, 0.4) is 0 Å². The number of thiazole rings is 1. The van der Waals surface area contributed by atoms with Gasteiger partial charge in [-0.3, -0.25) is 4.79 Å². The van der Waals surface area contributed by atoms with E-state index in [-0.39, 0.29) is 6.54 Å². The van der Waals surface area contributed by atoms with Crippen LogP contribution in [0.1, 0.15) is 36.3 Å². The third kappa shape index (κ3) is 2.77. The molecule has 0 aliphatic heterocycles. The van der Waals surface area contributed by atoms with Crippen molar-refractivity contribution in [3.05, 3.63) is 10.6 Å². The maximum atomic E-state index is 11.0. The molecule has 17 heavy (non-hydrogen) atoms. The minimum Gasteiger partial charge on any atom is -0.480 e. The summed E-state index contributed by atoms with van der Waals surface area (Å²) in [5, 5.41) is 9.89. The Kier molecular flexibility index (Phi) is 3.66. The van der Waals surface area contributed by atoms with E-state index in [1.165, 1.54) is 17.7 Å². The second-order valence-corrected chi connectivity index (χ2v) is 5.78. The van der Waals surface area contributed by atoms with Gasteiger partial charge in [-0.1, -0.05) is 12.8 Å². The van der Waals surface area contributed by atoms with Crippen molar-refractivity contribution in [1.29, 1.82) is 0 Å². The molecule has 0 radical (unpaired) electrons. The smallest absolute Gasteiger partial charge is 0.323 e. The van der Waals surface area contributed by atoms with Gasteiger partial charge in [-0.05, 0) is 26.7 Å².